The molecule has 9 heteroatoms. The molecule has 0 spiro atoms. The molecule has 0 aromatic heterocycles. The van der Waals surface area contributed by atoms with Crippen molar-refractivity contribution in [1.29, 1.82) is 0 Å². The molecule has 1 heterocycles. The normalized spacial score (nSPS) is 15.9. The summed E-state index contributed by atoms with van der Waals surface area (Å²) in [5.41, 5.74) is 0. The molecule has 0 radical (unpaired) electrons. The highest BCUT2D eigenvalue weighted by atomic mass is 16.7. The minimum absolute atomic E-state index is 0.0209. The fourth-order valence-corrected chi connectivity index (χ4v) is 1.78. The maximum atomic E-state index is 12.1. The maximum absolute atomic E-state index is 12.1. The number of rotatable bonds is 7. The minimum atomic E-state index is -1.58. The van der Waals surface area contributed by atoms with Gasteiger partial charge >= 0.3 is 23.9 Å². The van der Waals surface area contributed by atoms with Crippen molar-refractivity contribution in [3.8, 4) is 0 Å². The van der Waals surface area contributed by atoms with Crippen molar-refractivity contribution in [2.45, 2.75) is 46.0 Å². The van der Waals surface area contributed by atoms with E-state index in [0.717, 1.165) is 27.2 Å². The van der Waals surface area contributed by atoms with E-state index in [-0.39, 0.29) is 5.76 Å². The van der Waals surface area contributed by atoms with Crippen LogP contribution in [0.2, 0.25) is 0 Å². The summed E-state index contributed by atoms with van der Waals surface area (Å²) in [5.74, 6) is -3.04. The van der Waals surface area contributed by atoms with Crippen molar-refractivity contribution in [2.75, 3.05) is 13.2 Å². The third-order valence-electron chi connectivity index (χ3n) is 2.71. The van der Waals surface area contributed by atoms with Gasteiger partial charge in [-0.05, 0) is 18.9 Å². The van der Waals surface area contributed by atoms with Crippen LogP contribution >= 0.6 is 0 Å². The van der Waals surface area contributed by atoms with Crippen LogP contribution in [-0.4, -0.2) is 49.5 Å². The van der Waals surface area contributed by atoms with Crippen molar-refractivity contribution >= 4 is 23.9 Å². The number of hydrogen-bond donors (Lipinski definition) is 0. The van der Waals surface area contributed by atoms with Gasteiger partial charge in [-0.2, -0.15) is 0 Å². The molecule has 9 nitrogen and oxygen atoms in total. The van der Waals surface area contributed by atoms with Gasteiger partial charge in [-0.15, -0.1) is 0 Å². The van der Waals surface area contributed by atoms with Crippen LogP contribution in [0.3, 0.4) is 0 Å². The summed E-state index contributed by atoms with van der Waals surface area (Å²) < 4.78 is 24.8. The molecule has 134 valence electrons. The smallest absolute Gasteiger partial charge is 0.376 e. The molecule has 2 atom stereocenters. The molecule has 0 N–H and O–H groups in total. The standard InChI is InChI=1S/C15H20O9/c1-9(16)21-8-13(22-10(2)17)15(23-11(3)18)24-14(19)12-6-4-5-7-20-12/h6,13,15H,4-5,7-8H2,1-3H3. The van der Waals surface area contributed by atoms with Crippen LogP contribution in [0.5, 0.6) is 0 Å². The molecule has 0 aromatic rings. The summed E-state index contributed by atoms with van der Waals surface area (Å²) in [5, 5.41) is 0. The number of ether oxygens (including phenoxy) is 5. The number of hydrogen-bond acceptors (Lipinski definition) is 9. The molecule has 0 aliphatic carbocycles. The zero-order valence-electron chi connectivity index (χ0n) is 13.7. The summed E-state index contributed by atoms with van der Waals surface area (Å²) in [6, 6.07) is 0. The van der Waals surface area contributed by atoms with Gasteiger partial charge in [0.15, 0.2) is 0 Å². The maximum Gasteiger partial charge on any atom is 0.376 e. The van der Waals surface area contributed by atoms with Crippen molar-refractivity contribution in [2.24, 2.45) is 0 Å². The van der Waals surface area contributed by atoms with Crippen molar-refractivity contribution in [3.63, 3.8) is 0 Å². The third-order valence-corrected chi connectivity index (χ3v) is 2.71. The summed E-state index contributed by atoms with van der Waals surface area (Å²) in [4.78, 5) is 45.4. The molecule has 0 aromatic carbocycles. The first-order valence-corrected chi connectivity index (χ1v) is 7.31. The molecular formula is C15H20O9. The van der Waals surface area contributed by atoms with Gasteiger partial charge < -0.3 is 23.7 Å². The van der Waals surface area contributed by atoms with Crippen LogP contribution < -0.4 is 0 Å². The Morgan fingerprint density at radius 2 is 1.71 bits per heavy atom. The monoisotopic (exact) mass is 344 g/mol. The van der Waals surface area contributed by atoms with Gasteiger partial charge in [-0.3, -0.25) is 14.4 Å². The number of carbonyl (C=O) groups is 4. The second-order valence-electron chi connectivity index (χ2n) is 4.89. The second-order valence-corrected chi connectivity index (χ2v) is 4.89. The SMILES string of the molecule is CC(=O)OCC(OC(C)=O)C(OC(C)=O)OC(=O)C1=CCCCO1. The van der Waals surface area contributed by atoms with E-state index in [1.807, 2.05) is 0 Å². The number of esters is 4. The molecular weight excluding hydrogens is 324 g/mol. The van der Waals surface area contributed by atoms with Gasteiger partial charge in [-0.1, -0.05) is 0 Å². The van der Waals surface area contributed by atoms with E-state index in [2.05, 4.69) is 0 Å². The van der Waals surface area contributed by atoms with E-state index in [9.17, 15) is 19.2 Å². The Bertz CT molecular complexity index is 523. The Balaban J connectivity index is 2.86. The van der Waals surface area contributed by atoms with Crippen LogP contribution in [0.15, 0.2) is 11.8 Å². The second kappa shape index (κ2) is 9.53. The lowest BCUT2D eigenvalue weighted by Gasteiger charge is -2.26. The van der Waals surface area contributed by atoms with Gasteiger partial charge in [0.1, 0.15) is 6.61 Å². The number of carbonyl (C=O) groups excluding carboxylic acids is 4. The first-order valence-electron chi connectivity index (χ1n) is 7.31. The predicted octanol–water partition coefficient (Wildman–Crippen LogP) is 0.608. The van der Waals surface area contributed by atoms with Gasteiger partial charge in [0.05, 0.1) is 6.61 Å². The summed E-state index contributed by atoms with van der Waals surface area (Å²) >= 11 is 0. The molecule has 2 unspecified atom stereocenters. The van der Waals surface area contributed by atoms with Crippen LogP contribution in [0.1, 0.15) is 33.6 Å². The lowest BCUT2D eigenvalue weighted by atomic mass is 10.2. The Kier molecular flexibility index (Phi) is 7.73. The Hall–Kier alpha value is -2.58. The molecule has 0 fully saturated rings. The molecule has 1 rings (SSSR count). The Morgan fingerprint density at radius 1 is 1.04 bits per heavy atom. The highest BCUT2D eigenvalue weighted by Crippen LogP contribution is 2.16. The van der Waals surface area contributed by atoms with E-state index in [0.29, 0.717) is 13.0 Å². The minimum Gasteiger partial charge on any atom is -0.487 e. The lowest BCUT2D eigenvalue weighted by molar-refractivity contribution is -0.218. The molecule has 1 aliphatic heterocycles. The van der Waals surface area contributed by atoms with Gasteiger partial charge in [0, 0.05) is 20.8 Å². The van der Waals surface area contributed by atoms with E-state index < -0.39 is 42.9 Å². The van der Waals surface area contributed by atoms with Gasteiger partial charge in [0.25, 0.3) is 6.29 Å². The first-order chi connectivity index (χ1) is 11.3. The lowest BCUT2D eigenvalue weighted by Crippen LogP contribution is -2.42. The highest BCUT2D eigenvalue weighted by Gasteiger charge is 2.33. The number of allylic oxidation sites excluding steroid dienone is 1. The average Bonchev–Trinajstić information content (AvgIpc) is 2.50. The topological polar surface area (TPSA) is 114 Å². The van der Waals surface area contributed by atoms with Gasteiger partial charge in [-0.25, -0.2) is 4.79 Å². The molecule has 0 bridgehead atoms. The van der Waals surface area contributed by atoms with E-state index >= 15 is 0 Å². The summed E-state index contributed by atoms with van der Waals surface area (Å²) in [6.07, 6.45) is 0.0767. The third kappa shape index (κ3) is 7.12. The van der Waals surface area contributed by atoms with E-state index in [1.165, 1.54) is 0 Å². The van der Waals surface area contributed by atoms with Crippen molar-refractivity contribution in [3.05, 3.63) is 11.8 Å². The van der Waals surface area contributed by atoms with Crippen LogP contribution in [0.4, 0.5) is 0 Å². The van der Waals surface area contributed by atoms with Crippen LogP contribution in [0.25, 0.3) is 0 Å². The average molecular weight is 344 g/mol. The Labute approximate surface area is 138 Å². The zero-order chi connectivity index (χ0) is 18.1. The first kappa shape index (κ1) is 19.5. The van der Waals surface area contributed by atoms with Crippen molar-refractivity contribution in [1.82, 2.24) is 0 Å². The molecule has 0 saturated carbocycles. The van der Waals surface area contributed by atoms with E-state index in [4.69, 9.17) is 23.7 Å². The largest absolute Gasteiger partial charge is 0.487 e. The molecule has 24 heavy (non-hydrogen) atoms. The van der Waals surface area contributed by atoms with Crippen molar-refractivity contribution < 1.29 is 42.9 Å². The zero-order valence-corrected chi connectivity index (χ0v) is 13.7. The molecule has 0 amide bonds. The van der Waals surface area contributed by atoms with Crippen LogP contribution in [-0.2, 0) is 42.9 Å². The fraction of sp³-hybridized carbons (Fsp3) is 0.600. The fourth-order valence-electron chi connectivity index (χ4n) is 1.78. The van der Waals surface area contributed by atoms with Crippen LogP contribution in [0, 0.1) is 0 Å². The molecule has 1 aliphatic rings. The quantitative estimate of drug-likeness (QED) is 0.372. The van der Waals surface area contributed by atoms with Gasteiger partial charge in [0.2, 0.25) is 11.9 Å². The highest BCUT2D eigenvalue weighted by molar-refractivity contribution is 5.86. The summed E-state index contributed by atoms with van der Waals surface area (Å²) in [6.45, 7) is 3.27. The summed E-state index contributed by atoms with van der Waals surface area (Å²) in [7, 11) is 0. The Morgan fingerprint density at radius 3 is 2.21 bits per heavy atom. The predicted molar refractivity (Wildman–Crippen MR) is 77.1 cm³/mol. The van der Waals surface area contributed by atoms with E-state index in [1.54, 1.807) is 6.08 Å². The molecule has 0 saturated heterocycles.